The highest BCUT2D eigenvalue weighted by Crippen LogP contribution is 2.35. The fourth-order valence-electron chi connectivity index (χ4n) is 1.23. The molecular formula is C12H13F5N2O3S. The van der Waals surface area contributed by atoms with Gasteiger partial charge in [0, 0.05) is 0 Å². The molecule has 0 fully saturated rings. The highest BCUT2D eigenvalue weighted by atomic mass is 32.2. The van der Waals surface area contributed by atoms with Crippen molar-refractivity contribution in [2.75, 3.05) is 12.4 Å². The number of ether oxygens (including phenoxy) is 1. The summed E-state index contributed by atoms with van der Waals surface area (Å²) in [6, 6.07) is 2.19. The maximum Gasteiger partial charge on any atom is 0.456 e. The van der Waals surface area contributed by atoms with Crippen LogP contribution in [0.4, 0.5) is 22.0 Å². The summed E-state index contributed by atoms with van der Waals surface area (Å²) in [6.45, 7) is -0.489. The van der Waals surface area contributed by atoms with E-state index < -0.39 is 28.5 Å². The van der Waals surface area contributed by atoms with Crippen LogP contribution in [0.3, 0.4) is 0 Å². The summed E-state index contributed by atoms with van der Waals surface area (Å²) < 4.78 is 88.3. The minimum atomic E-state index is -5.72. The first-order chi connectivity index (χ1) is 10.4. The Bertz CT molecular complexity index is 669. The van der Waals surface area contributed by atoms with E-state index in [0.29, 0.717) is 0 Å². The van der Waals surface area contributed by atoms with Crippen LogP contribution in [0.5, 0.6) is 5.75 Å². The number of hydrogen-bond donors (Lipinski definition) is 1. The van der Waals surface area contributed by atoms with Crippen molar-refractivity contribution in [3.05, 3.63) is 29.4 Å². The average Bonchev–Trinajstić information content (AvgIpc) is 2.44. The topological polar surface area (TPSA) is 82.3 Å². The van der Waals surface area contributed by atoms with Crippen molar-refractivity contribution >= 4 is 15.5 Å². The Kier molecular flexibility index (Phi) is 5.56. The molecule has 0 saturated heterocycles. The molecule has 0 amide bonds. The molecular weight excluding hydrogens is 347 g/mol. The van der Waals surface area contributed by atoms with Gasteiger partial charge in [0.05, 0.1) is 28.7 Å². The number of aromatic nitrogens is 1. The minimum absolute atomic E-state index is 0.0111. The van der Waals surface area contributed by atoms with Crippen LogP contribution in [0.25, 0.3) is 5.70 Å². The highest BCUT2D eigenvalue weighted by molar-refractivity contribution is 7.94. The molecule has 23 heavy (non-hydrogen) atoms. The maximum absolute atomic E-state index is 12.7. The summed E-state index contributed by atoms with van der Waals surface area (Å²) in [7, 11) is -3.51. The van der Waals surface area contributed by atoms with Crippen LogP contribution in [0.1, 0.15) is 12.6 Å². The van der Waals surface area contributed by atoms with Crippen LogP contribution in [-0.2, 0) is 9.84 Å². The number of nitrogens with zero attached hydrogens (tertiary/aromatic N) is 1. The molecule has 0 aromatic carbocycles. The van der Waals surface area contributed by atoms with E-state index in [1.54, 1.807) is 0 Å². The Morgan fingerprint density at radius 2 is 1.91 bits per heavy atom. The predicted octanol–water partition coefficient (Wildman–Crippen LogP) is 2.35. The molecule has 1 rings (SSSR count). The van der Waals surface area contributed by atoms with E-state index in [1.807, 2.05) is 0 Å². The average molecular weight is 360 g/mol. The number of rotatable bonds is 6. The van der Waals surface area contributed by atoms with E-state index in [1.165, 1.54) is 6.92 Å². The number of hydrogen-bond acceptors (Lipinski definition) is 5. The smallest absolute Gasteiger partial charge is 0.456 e. The summed E-state index contributed by atoms with van der Waals surface area (Å²) in [5, 5.41) is 0.785. The molecule has 0 spiro atoms. The Balaban J connectivity index is 2.82. The molecule has 2 N–H and O–H groups in total. The number of pyridine rings is 1. The molecule has 1 aromatic heterocycles. The number of halogens is 5. The fourth-order valence-corrected chi connectivity index (χ4v) is 1.90. The van der Waals surface area contributed by atoms with Crippen LogP contribution in [0.15, 0.2) is 23.7 Å². The summed E-state index contributed by atoms with van der Waals surface area (Å²) in [5.74, 6) is -5.52. The third kappa shape index (κ3) is 5.34. The van der Waals surface area contributed by atoms with Gasteiger partial charge in [-0.2, -0.15) is 22.0 Å². The van der Waals surface area contributed by atoms with Crippen LogP contribution in [0.2, 0.25) is 0 Å². The molecule has 0 bridgehead atoms. The van der Waals surface area contributed by atoms with Gasteiger partial charge in [0.1, 0.15) is 5.75 Å². The number of alkyl halides is 5. The van der Waals surface area contributed by atoms with E-state index in [-0.39, 0.29) is 22.9 Å². The summed E-state index contributed by atoms with van der Waals surface area (Å²) in [5.41, 5.74) is 5.33. The van der Waals surface area contributed by atoms with Crippen molar-refractivity contribution in [2.45, 2.75) is 19.0 Å². The molecule has 0 aliphatic carbocycles. The van der Waals surface area contributed by atoms with E-state index in [4.69, 9.17) is 5.73 Å². The largest absolute Gasteiger partial charge is 0.485 e. The zero-order valence-electron chi connectivity index (χ0n) is 11.8. The SMILES string of the molecule is CCS(=O)(=O)/C=C(\N)c1ccc(OCC(F)(F)C(F)(F)F)cn1. The Hall–Kier alpha value is -1.91. The lowest BCUT2D eigenvalue weighted by atomic mass is 10.3. The second-order valence-corrected chi connectivity index (χ2v) is 6.53. The quantitative estimate of drug-likeness (QED) is 0.788. The summed E-state index contributed by atoms with van der Waals surface area (Å²) >= 11 is 0. The van der Waals surface area contributed by atoms with Gasteiger partial charge in [-0.15, -0.1) is 0 Å². The summed E-state index contributed by atoms with van der Waals surface area (Å²) in [4.78, 5) is 3.65. The van der Waals surface area contributed by atoms with E-state index in [0.717, 1.165) is 23.7 Å². The molecule has 0 aliphatic heterocycles. The van der Waals surface area contributed by atoms with Gasteiger partial charge in [0.25, 0.3) is 0 Å². The van der Waals surface area contributed by atoms with Gasteiger partial charge in [-0.1, -0.05) is 6.92 Å². The first-order valence-electron chi connectivity index (χ1n) is 6.11. The van der Waals surface area contributed by atoms with Crippen LogP contribution >= 0.6 is 0 Å². The van der Waals surface area contributed by atoms with Crippen molar-refractivity contribution in [2.24, 2.45) is 5.73 Å². The zero-order valence-corrected chi connectivity index (χ0v) is 12.6. The van der Waals surface area contributed by atoms with Crippen molar-refractivity contribution < 1.29 is 35.1 Å². The van der Waals surface area contributed by atoms with Gasteiger partial charge in [0.15, 0.2) is 16.4 Å². The molecule has 5 nitrogen and oxygen atoms in total. The third-order valence-corrected chi connectivity index (χ3v) is 3.99. The molecule has 1 aromatic rings. The van der Waals surface area contributed by atoms with Crippen molar-refractivity contribution in [3.63, 3.8) is 0 Å². The Labute approximate surface area is 128 Å². The molecule has 130 valence electrons. The molecule has 1 heterocycles. The van der Waals surface area contributed by atoms with Crippen LogP contribution < -0.4 is 10.5 Å². The lowest BCUT2D eigenvalue weighted by Crippen LogP contribution is -2.41. The van der Waals surface area contributed by atoms with Crippen LogP contribution in [-0.4, -0.2) is 37.9 Å². The lowest BCUT2D eigenvalue weighted by Gasteiger charge is -2.19. The van der Waals surface area contributed by atoms with Crippen molar-refractivity contribution in [1.29, 1.82) is 0 Å². The molecule has 11 heteroatoms. The molecule has 0 radical (unpaired) electrons. The zero-order chi connectivity index (χ0) is 17.9. The number of nitrogens with two attached hydrogens (primary N) is 1. The van der Waals surface area contributed by atoms with Crippen molar-refractivity contribution in [3.8, 4) is 5.75 Å². The third-order valence-electron chi connectivity index (χ3n) is 2.58. The monoisotopic (exact) mass is 360 g/mol. The molecule has 0 unspecified atom stereocenters. The van der Waals surface area contributed by atoms with Gasteiger partial charge in [-0.3, -0.25) is 4.98 Å². The second kappa shape index (κ2) is 6.69. The van der Waals surface area contributed by atoms with Gasteiger partial charge < -0.3 is 10.5 Å². The molecule has 0 aliphatic rings. The minimum Gasteiger partial charge on any atom is -0.485 e. The van der Waals surface area contributed by atoms with E-state index >= 15 is 0 Å². The predicted molar refractivity (Wildman–Crippen MR) is 72.4 cm³/mol. The highest BCUT2D eigenvalue weighted by Gasteiger charge is 2.58. The van der Waals surface area contributed by atoms with Gasteiger partial charge in [-0.05, 0) is 12.1 Å². The maximum atomic E-state index is 12.7. The fraction of sp³-hybridized carbons (Fsp3) is 0.417. The Morgan fingerprint density at radius 3 is 2.35 bits per heavy atom. The van der Waals surface area contributed by atoms with Gasteiger partial charge >= 0.3 is 12.1 Å². The number of sulfone groups is 1. The molecule has 0 atom stereocenters. The lowest BCUT2D eigenvalue weighted by molar-refractivity contribution is -0.290. The van der Waals surface area contributed by atoms with Gasteiger partial charge in [0.2, 0.25) is 0 Å². The summed E-state index contributed by atoms with van der Waals surface area (Å²) in [6.07, 6.45) is -4.86. The molecule has 0 saturated carbocycles. The van der Waals surface area contributed by atoms with E-state index in [2.05, 4.69) is 9.72 Å². The first-order valence-corrected chi connectivity index (χ1v) is 7.83. The first kappa shape index (κ1) is 19.1. The van der Waals surface area contributed by atoms with Crippen LogP contribution in [0, 0.1) is 0 Å². The van der Waals surface area contributed by atoms with E-state index in [9.17, 15) is 30.4 Å². The standard InChI is InChI=1S/C12H13F5N2O3S/c1-2-23(20,21)6-9(18)10-4-3-8(5-19-10)22-7-11(13,14)12(15,16)17/h3-6H,2,7,18H2,1H3/b9-6-. The normalized spacial score (nSPS) is 13.9. The van der Waals surface area contributed by atoms with Crippen molar-refractivity contribution in [1.82, 2.24) is 4.98 Å². The Morgan fingerprint density at radius 1 is 1.30 bits per heavy atom. The van der Waals surface area contributed by atoms with Gasteiger partial charge in [-0.25, -0.2) is 8.42 Å². The second-order valence-electron chi connectivity index (χ2n) is 4.39.